The summed E-state index contributed by atoms with van der Waals surface area (Å²) in [7, 11) is 1.58. The van der Waals surface area contributed by atoms with Gasteiger partial charge < -0.3 is 25.6 Å². The Kier molecular flexibility index (Phi) is 7.67. The zero-order chi connectivity index (χ0) is 18.2. The average Bonchev–Trinajstić information content (AvgIpc) is 2.59. The lowest BCUT2D eigenvalue weighted by Crippen LogP contribution is -2.46. The average molecular weight is 338 g/mol. The van der Waals surface area contributed by atoms with Gasteiger partial charge in [0.2, 0.25) is 11.8 Å². The summed E-state index contributed by atoms with van der Waals surface area (Å²) >= 11 is 0. The molecule has 1 atom stereocenters. The molecule has 0 aliphatic rings. The van der Waals surface area contributed by atoms with Crippen LogP contribution in [0.5, 0.6) is 5.75 Å². The summed E-state index contributed by atoms with van der Waals surface area (Å²) in [5, 5.41) is 24.2. The number of methoxy groups -OCH3 is 1. The van der Waals surface area contributed by atoms with Crippen molar-refractivity contribution in [3.63, 3.8) is 0 Å². The van der Waals surface area contributed by atoms with Crippen molar-refractivity contribution in [3.8, 4) is 5.75 Å². The van der Waals surface area contributed by atoms with Crippen molar-refractivity contribution in [1.29, 1.82) is 0 Å². The van der Waals surface area contributed by atoms with Crippen LogP contribution in [0.1, 0.15) is 25.8 Å². The van der Waals surface area contributed by atoms with Crippen LogP contribution in [0, 0.1) is 5.41 Å². The lowest BCUT2D eigenvalue weighted by atomic mass is 9.87. The van der Waals surface area contributed by atoms with Gasteiger partial charge in [0.1, 0.15) is 11.9 Å². The fraction of sp³-hybridized carbons (Fsp3) is 0.529. The number of amides is 2. The van der Waals surface area contributed by atoms with Crippen molar-refractivity contribution in [3.05, 3.63) is 29.8 Å². The van der Waals surface area contributed by atoms with E-state index in [2.05, 4.69) is 10.6 Å². The van der Waals surface area contributed by atoms with Crippen molar-refractivity contribution in [2.45, 2.75) is 32.9 Å². The molecule has 0 radical (unpaired) electrons. The topological polar surface area (TPSA) is 108 Å². The molecule has 1 aromatic rings. The number of carbonyl (C=O) groups excluding carboxylic acids is 2. The molecule has 1 aromatic carbocycles. The molecule has 0 aromatic heterocycles. The summed E-state index contributed by atoms with van der Waals surface area (Å²) in [4.78, 5) is 23.5. The summed E-state index contributed by atoms with van der Waals surface area (Å²) in [6.45, 7) is 3.32. The molecular formula is C17H26N2O5. The predicted molar refractivity (Wildman–Crippen MR) is 89.3 cm³/mol. The summed E-state index contributed by atoms with van der Waals surface area (Å²) in [5.74, 6) is -0.0989. The number of hydrogen-bond acceptors (Lipinski definition) is 5. The van der Waals surface area contributed by atoms with Gasteiger partial charge in [0.05, 0.1) is 13.7 Å². The summed E-state index contributed by atoms with van der Waals surface area (Å²) < 4.78 is 5.11. The van der Waals surface area contributed by atoms with Crippen LogP contribution in [0.25, 0.3) is 0 Å². The lowest BCUT2D eigenvalue weighted by molar-refractivity contribution is -0.137. The second-order valence-corrected chi connectivity index (χ2v) is 6.22. The number of rotatable bonds is 9. The minimum absolute atomic E-state index is 0.0992. The monoisotopic (exact) mass is 338 g/mol. The van der Waals surface area contributed by atoms with Gasteiger partial charge in [-0.2, -0.15) is 0 Å². The molecule has 7 nitrogen and oxygen atoms in total. The Morgan fingerprint density at radius 2 is 2.00 bits per heavy atom. The second-order valence-electron chi connectivity index (χ2n) is 6.22. The van der Waals surface area contributed by atoms with E-state index in [9.17, 15) is 14.7 Å². The van der Waals surface area contributed by atoms with Gasteiger partial charge in [-0.1, -0.05) is 26.0 Å². The van der Waals surface area contributed by atoms with Crippen molar-refractivity contribution in [2.24, 2.45) is 5.41 Å². The van der Waals surface area contributed by atoms with Crippen LogP contribution in [0.3, 0.4) is 0 Å². The van der Waals surface area contributed by atoms with Crippen LogP contribution >= 0.6 is 0 Å². The van der Waals surface area contributed by atoms with Crippen molar-refractivity contribution >= 4 is 11.8 Å². The first kappa shape index (κ1) is 19.9. The Balaban J connectivity index is 2.32. The first-order valence-corrected chi connectivity index (χ1v) is 7.76. The largest absolute Gasteiger partial charge is 0.497 e. The Morgan fingerprint density at radius 1 is 1.29 bits per heavy atom. The SMILES string of the molecule is COc1cccc(CNC(=O)CCNC(=O)[C@H](O)C(C)(C)CO)c1. The summed E-state index contributed by atoms with van der Waals surface area (Å²) in [5.41, 5.74) is -0.0227. The first-order valence-electron chi connectivity index (χ1n) is 7.76. The summed E-state index contributed by atoms with van der Waals surface area (Å²) in [6, 6.07) is 7.36. The molecule has 4 N–H and O–H groups in total. The van der Waals surface area contributed by atoms with Crippen LogP contribution in [-0.2, 0) is 16.1 Å². The number of ether oxygens (including phenoxy) is 1. The Labute approximate surface area is 142 Å². The third kappa shape index (κ3) is 6.17. The highest BCUT2D eigenvalue weighted by Crippen LogP contribution is 2.19. The fourth-order valence-corrected chi connectivity index (χ4v) is 1.91. The first-order chi connectivity index (χ1) is 11.3. The summed E-state index contributed by atoms with van der Waals surface area (Å²) in [6.07, 6.45) is -1.23. The minimum Gasteiger partial charge on any atom is -0.497 e. The molecule has 0 saturated carbocycles. The molecule has 0 aliphatic heterocycles. The molecule has 0 spiro atoms. The van der Waals surface area contributed by atoms with E-state index in [1.807, 2.05) is 24.3 Å². The Morgan fingerprint density at radius 3 is 2.62 bits per heavy atom. The van der Waals surface area contributed by atoms with Crippen LogP contribution in [-0.4, -0.2) is 48.4 Å². The van der Waals surface area contributed by atoms with Crippen LogP contribution in [0.15, 0.2) is 24.3 Å². The van der Waals surface area contributed by atoms with Gasteiger partial charge in [-0.05, 0) is 17.7 Å². The van der Waals surface area contributed by atoms with Crippen molar-refractivity contribution in [2.75, 3.05) is 20.3 Å². The molecule has 7 heteroatoms. The van der Waals surface area contributed by atoms with E-state index >= 15 is 0 Å². The maximum absolute atomic E-state index is 11.8. The number of aliphatic hydroxyl groups excluding tert-OH is 2. The van der Waals surface area contributed by atoms with E-state index < -0.39 is 17.4 Å². The molecule has 0 unspecified atom stereocenters. The van der Waals surface area contributed by atoms with E-state index in [4.69, 9.17) is 9.84 Å². The molecule has 0 heterocycles. The van der Waals surface area contributed by atoms with E-state index in [-0.39, 0.29) is 25.5 Å². The van der Waals surface area contributed by atoms with Gasteiger partial charge in [0.25, 0.3) is 0 Å². The molecular weight excluding hydrogens is 312 g/mol. The highest BCUT2D eigenvalue weighted by molar-refractivity contribution is 5.82. The quantitative estimate of drug-likeness (QED) is 0.514. The highest BCUT2D eigenvalue weighted by atomic mass is 16.5. The van der Waals surface area contributed by atoms with Gasteiger partial charge in [-0.25, -0.2) is 0 Å². The van der Waals surface area contributed by atoms with Crippen LogP contribution < -0.4 is 15.4 Å². The maximum Gasteiger partial charge on any atom is 0.249 e. The zero-order valence-electron chi connectivity index (χ0n) is 14.3. The standard InChI is InChI=1S/C17H26N2O5/c1-17(2,11-20)15(22)16(23)18-8-7-14(21)19-10-12-5-4-6-13(9-12)24-3/h4-6,9,15,20,22H,7-8,10-11H2,1-3H3,(H,18,23)(H,19,21)/t15-/m0/s1. The molecule has 134 valence electrons. The van der Waals surface area contributed by atoms with E-state index in [0.717, 1.165) is 11.3 Å². The molecule has 1 rings (SSSR count). The van der Waals surface area contributed by atoms with Crippen LogP contribution in [0.2, 0.25) is 0 Å². The van der Waals surface area contributed by atoms with E-state index in [1.54, 1.807) is 21.0 Å². The number of carbonyl (C=O) groups is 2. The van der Waals surface area contributed by atoms with Gasteiger partial charge in [0, 0.05) is 24.9 Å². The Bertz CT molecular complexity index is 560. The highest BCUT2D eigenvalue weighted by Gasteiger charge is 2.32. The zero-order valence-corrected chi connectivity index (χ0v) is 14.3. The molecule has 0 saturated heterocycles. The smallest absolute Gasteiger partial charge is 0.249 e. The molecule has 0 bridgehead atoms. The third-order valence-corrected chi connectivity index (χ3v) is 3.67. The molecule has 0 fully saturated rings. The maximum atomic E-state index is 11.8. The predicted octanol–water partition coefficient (Wildman–Crippen LogP) is 0.197. The number of benzene rings is 1. The van der Waals surface area contributed by atoms with Crippen molar-refractivity contribution < 1.29 is 24.5 Å². The number of hydrogen-bond donors (Lipinski definition) is 4. The second kappa shape index (κ2) is 9.24. The van der Waals surface area contributed by atoms with Crippen molar-refractivity contribution in [1.82, 2.24) is 10.6 Å². The third-order valence-electron chi connectivity index (χ3n) is 3.67. The normalized spacial score (nSPS) is 12.4. The van der Waals surface area contributed by atoms with Gasteiger partial charge in [0.15, 0.2) is 0 Å². The van der Waals surface area contributed by atoms with Crippen LogP contribution in [0.4, 0.5) is 0 Å². The number of aliphatic hydroxyl groups is 2. The number of nitrogens with one attached hydrogen (secondary N) is 2. The van der Waals surface area contributed by atoms with E-state index in [1.165, 1.54) is 0 Å². The lowest BCUT2D eigenvalue weighted by Gasteiger charge is -2.27. The van der Waals surface area contributed by atoms with Gasteiger partial charge >= 0.3 is 0 Å². The molecule has 24 heavy (non-hydrogen) atoms. The minimum atomic E-state index is -1.33. The van der Waals surface area contributed by atoms with E-state index in [0.29, 0.717) is 6.54 Å². The van der Waals surface area contributed by atoms with Gasteiger partial charge in [-0.15, -0.1) is 0 Å². The Hall–Kier alpha value is -2.12. The van der Waals surface area contributed by atoms with Gasteiger partial charge in [-0.3, -0.25) is 9.59 Å². The fourth-order valence-electron chi connectivity index (χ4n) is 1.91. The molecule has 2 amide bonds. The molecule has 0 aliphatic carbocycles.